The topological polar surface area (TPSA) is 92.8 Å². The molecular formula is C18H18Cl2N2O5S. The van der Waals surface area contributed by atoms with Gasteiger partial charge in [-0.15, -0.1) is 0 Å². The Balaban J connectivity index is 1.94. The molecule has 0 spiro atoms. The summed E-state index contributed by atoms with van der Waals surface area (Å²) in [6.45, 7) is 0.825. The van der Waals surface area contributed by atoms with Gasteiger partial charge in [0.1, 0.15) is 6.54 Å². The number of rotatable bonds is 7. The molecule has 150 valence electrons. The average Bonchev–Trinajstić information content (AvgIpc) is 2.61. The van der Waals surface area contributed by atoms with E-state index < -0.39 is 34.5 Å². The molecule has 1 N–H and O–H groups in total. The minimum absolute atomic E-state index is 0.0149. The number of esters is 1. The minimum atomic E-state index is -3.90. The third-order valence-corrected chi connectivity index (χ3v) is 5.95. The van der Waals surface area contributed by atoms with Gasteiger partial charge >= 0.3 is 5.97 Å². The maximum atomic E-state index is 12.5. The van der Waals surface area contributed by atoms with E-state index in [0.29, 0.717) is 15.7 Å². The number of benzene rings is 2. The summed E-state index contributed by atoms with van der Waals surface area (Å²) in [5.41, 5.74) is 0.447. The number of carbonyl (C=O) groups excluding carboxylic acids is 2. The first-order valence-electron chi connectivity index (χ1n) is 8.07. The van der Waals surface area contributed by atoms with E-state index in [1.54, 1.807) is 24.3 Å². The summed E-state index contributed by atoms with van der Waals surface area (Å²) in [5.74, 6) is -1.44. The number of sulfonamides is 1. The molecule has 1 atom stereocenters. The molecule has 0 aliphatic carbocycles. The monoisotopic (exact) mass is 444 g/mol. The first kappa shape index (κ1) is 22.2. The van der Waals surface area contributed by atoms with Crippen LogP contribution in [0.5, 0.6) is 0 Å². The van der Waals surface area contributed by atoms with Crippen molar-refractivity contribution in [2.24, 2.45) is 0 Å². The van der Waals surface area contributed by atoms with Gasteiger partial charge in [-0.1, -0.05) is 29.3 Å². The smallest absolute Gasteiger partial charge is 0.322 e. The minimum Gasteiger partial charge on any atom is -0.452 e. The number of hydrogen-bond donors (Lipinski definition) is 1. The number of carbonyl (C=O) groups is 2. The van der Waals surface area contributed by atoms with Gasteiger partial charge in [-0.05, 0) is 49.4 Å². The second kappa shape index (κ2) is 9.38. The maximum Gasteiger partial charge on any atom is 0.322 e. The summed E-state index contributed by atoms with van der Waals surface area (Å²) in [5, 5.41) is 3.39. The standard InChI is InChI=1S/C18H18Cl2N2O5S/c1-12(18(24)21-15-5-3-4-14(20)10-15)27-17(23)11-22(2)28(25,26)16-8-6-13(19)7-9-16/h3-10,12H,11H2,1-2H3,(H,21,24)/t12-/m0/s1. The SMILES string of the molecule is C[C@H](OC(=O)CN(C)S(=O)(=O)c1ccc(Cl)cc1)C(=O)Nc1cccc(Cl)c1. The molecule has 0 aliphatic rings. The molecule has 0 aromatic heterocycles. The van der Waals surface area contributed by atoms with E-state index in [-0.39, 0.29) is 4.90 Å². The van der Waals surface area contributed by atoms with E-state index in [2.05, 4.69) is 5.32 Å². The van der Waals surface area contributed by atoms with Crippen molar-refractivity contribution in [2.45, 2.75) is 17.9 Å². The van der Waals surface area contributed by atoms with Gasteiger partial charge in [0.15, 0.2) is 6.10 Å². The highest BCUT2D eigenvalue weighted by Gasteiger charge is 2.25. The Morgan fingerprint density at radius 3 is 2.36 bits per heavy atom. The van der Waals surface area contributed by atoms with Crippen LogP contribution < -0.4 is 5.32 Å². The van der Waals surface area contributed by atoms with Crippen LogP contribution in [-0.2, 0) is 24.3 Å². The van der Waals surface area contributed by atoms with Gasteiger partial charge in [0, 0.05) is 22.8 Å². The van der Waals surface area contributed by atoms with E-state index in [4.69, 9.17) is 27.9 Å². The summed E-state index contributed by atoms with van der Waals surface area (Å²) in [6, 6.07) is 12.0. The predicted octanol–water partition coefficient (Wildman–Crippen LogP) is 3.18. The van der Waals surface area contributed by atoms with Crippen LogP contribution in [0.3, 0.4) is 0 Å². The highest BCUT2D eigenvalue weighted by atomic mass is 35.5. The van der Waals surface area contributed by atoms with Crippen LogP contribution in [0.15, 0.2) is 53.4 Å². The van der Waals surface area contributed by atoms with Crippen molar-refractivity contribution in [1.82, 2.24) is 4.31 Å². The lowest BCUT2D eigenvalue weighted by atomic mass is 10.3. The number of anilines is 1. The Morgan fingerprint density at radius 1 is 1.11 bits per heavy atom. The first-order chi connectivity index (χ1) is 13.1. The van der Waals surface area contributed by atoms with Gasteiger partial charge in [-0.3, -0.25) is 9.59 Å². The van der Waals surface area contributed by atoms with Gasteiger partial charge in [-0.25, -0.2) is 8.42 Å². The number of ether oxygens (including phenoxy) is 1. The number of nitrogens with one attached hydrogen (secondary N) is 1. The molecule has 0 heterocycles. The number of amides is 1. The quantitative estimate of drug-likeness (QED) is 0.661. The maximum absolute atomic E-state index is 12.5. The second-order valence-electron chi connectivity index (χ2n) is 5.85. The first-order valence-corrected chi connectivity index (χ1v) is 10.3. The van der Waals surface area contributed by atoms with E-state index in [1.807, 2.05) is 0 Å². The highest BCUT2D eigenvalue weighted by molar-refractivity contribution is 7.89. The number of hydrogen-bond acceptors (Lipinski definition) is 5. The van der Waals surface area contributed by atoms with Crippen molar-refractivity contribution in [3.05, 3.63) is 58.6 Å². The fourth-order valence-electron chi connectivity index (χ4n) is 2.15. The zero-order valence-corrected chi connectivity index (χ0v) is 17.4. The molecule has 0 fully saturated rings. The Morgan fingerprint density at radius 2 is 1.75 bits per heavy atom. The average molecular weight is 445 g/mol. The molecule has 10 heteroatoms. The normalized spacial score (nSPS) is 12.5. The Bertz CT molecular complexity index is 964. The number of halogens is 2. The molecule has 0 radical (unpaired) electrons. The Kier molecular flexibility index (Phi) is 7.42. The molecule has 2 aromatic rings. The molecule has 2 aromatic carbocycles. The summed E-state index contributed by atoms with van der Waals surface area (Å²) in [7, 11) is -2.66. The fourth-order valence-corrected chi connectivity index (χ4v) is 3.58. The third-order valence-electron chi connectivity index (χ3n) is 3.64. The lowest BCUT2D eigenvalue weighted by molar-refractivity contribution is -0.153. The van der Waals surface area contributed by atoms with Crippen LogP contribution in [-0.4, -0.2) is 44.3 Å². The van der Waals surface area contributed by atoms with Crippen LogP contribution in [0.4, 0.5) is 5.69 Å². The van der Waals surface area contributed by atoms with Gasteiger partial charge in [0.05, 0.1) is 4.90 Å². The zero-order valence-electron chi connectivity index (χ0n) is 15.1. The largest absolute Gasteiger partial charge is 0.452 e. The molecule has 0 unspecified atom stereocenters. The summed E-state index contributed by atoms with van der Waals surface area (Å²) >= 11 is 11.6. The van der Waals surface area contributed by atoms with E-state index >= 15 is 0 Å². The van der Waals surface area contributed by atoms with Crippen LogP contribution >= 0.6 is 23.2 Å². The van der Waals surface area contributed by atoms with Crippen molar-refractivity contribution in [3.8, 4) is 0 Å². The van der Waals surface area contributed by atoms with Crippen molar-refractivity contribution < 1.29 is 22.7 Å². The lowest BCUT2D eigenvalue weighted by Gasteiger charge is -2.18. The third kappa shape index (κ3) is 5.93. The molecule has 7 nitrogen and oxygen atoms in total. The molecule has 1 amide bonds. The molecule has 0 bridgehead atoms. The van der Waals surface area contributed by atoms with Gasteiger partial charge in [0.2, 0.25) is 10.0 Å². The van der Waals surface area contributed by atoms with E-state index in [0.717, 1.165) is 4.31 Å². The zero-order chi connectivity index (χ0) is 20.9. The van der Waals surface area contributed by atoms with Crippen molar-refractivity contribution in [1.29, 1.82) is 0 Å². The Labute approximate surface area is 173 Å². The fraction of sp³-hybridized carbons (Fsp3) is 0.222. The molecule has 28 heavy (non-hydrogen) atoms. The van der Waals surface area contributed by atoms with E-state index in [1.165, 1.54) is 38.2 Å². The van der Waals surface area contributed by atoms with E-state index in [9.17, 15) is 18.0 Å². The van der Waals surface area contributed by atoms with Gasteiger partial charge in [-0.2, -0.15) is 4.31 Å². The number of likely N-dealkylation sites (N-methyl/N-ethyl adjacent to an activating group) is 1. The van der Waals surface area contributed by atoms with Crippen LogP contribution in [0, 0.1) is 0 Å². The second-order valence-corrected chi connectivity index (χ2v) is 8.76. The predicted molar refractivity (Wildman–Crippen MR) is 107 cm³/mol. The van der Waals surface area contributed by atoms with Gasteiger partial charge < -0.3 is 10.1 Å². The summed E-state index contributed by atoms with van der Waals surface area (Å²) < 4.78 is 30.8. The van der Waals surface area contributed by atoms with Crippen molar-refractivity contribution >= 4 is 50.8 Å². The molecule has 2 rings (SSSR count). The highest BCUT2D eigenvalue weighted by Crippen LogP contribution is 2.18. The van der Waals surface area contributed by atoms with Crippen LogP contribution in [0.2, 0.25) is 10.0 Å². The molecular weight excluding hydrogens is 427 g/mol. The molecule has 0 saturated carbocycles. The molecule has 0 aliphatic heterocycles. The number of nitrogens with zero attached hydrogens (tertiary/aromatic N) is 1. The Hall–Kier alpha value is -2.13. The van der Waals surface area contributed by atoms with Gasteiger partial charge in [0.25, 0.3) is 5.91 Å². The summed E-state index contributed by atoms with van der Waals surface area (Å²) in [4.78, 5) is 24.2. The summed E-state index contributed by atoms with van der Waals surface area (Å²) in [6.07, 6.45) is -1.13. The molecule has 0 saturated heterocycles. The van der Waals surface area contributed by atoms with Crippen molar-refractivity contribution in [2.75, 3.05) is 18.9 Å². The lowest BCUT2D eigenvalue weighted by Crippen LogP contribution is -2.37. The van der Waals surface area contributed by atoms with Crippen LogP contribution in [0.25, 0.3) is 0 Å². The van der Waals surface area contributed by atoms with Crippen molar-refractivity contribution in [3.63, 3.8) is 0 Å². The van der Waals surface area contributed by atoms with Crippen LogP contribution in [0.1, 0.15) is 6.92 Å².